The summed E-state index contributed by atoms with van der Waals surface area (Å²) in [6.45, 7) is 2.07. The van der Waals surface area contributed by atoms with Gasteiger partial charge in [-0.25, -0.2) is 4.79 Å². The highest BCUT2D eigenvalue weighted by molar-refractivity contribution is 5.97. The summed E-state index contributed by atoms with van der Waals surface area (Å²) in [5.41, 5.74) is -0.795. The van der Waals surface area contributed by atoms with E-state index in [0.29, 0.717) is 24.7 Å². The van der Waals surface area contributed by atoms with Crippen molar-refractivity contribution in [3.63, 3.8) is 0 Å². The second-order valence-corrected chi connectivity index (χ2v) is 5.97. The van der Waals surface area contributed by atoms with Crippen LogP contribution in [0.4, 0.5) is 18.9 Å². The smallest absolute Gasteiger partial charge is 0.416 e. The number of hydrogen-bond acceptors (Lipinski definition) is 5. The number of anilines is 1. The number of halogens is 3. The summed E-state index contributed by atoms with van der Waals surface area (Å²) in [5.74, 6) is -0.645. The molecule has 0 saturated carbocycles. The van der Waals surface area contributed by atoms with E-state index in [0.717, 1.165) is 12.1 Å². The molecule has 0 radical (unpaired) electrons. The van der Waals surface area contributed by atoms with Crippen LogP contribution in [0.1, 0.15) is 22.8 Å². The topological polar surface area (TPSA) is 73.9 Å². The van der Waals surface area contributed by atoms with Gasteiger partial charge in [0, 0.05) is 5.69 Å². The molecule has 6 nitrogen and oxygen atoms in total. The molecule has 1 N–H and O–H groups in total. The molecule has 0 saturated heterocycles. The van der Waals surface area contributed by atoms with Crippen LogP contribution >= 0.6 is 0 Å². The number of rotatable bonds is 4. The number of nitrogens with one attached hydrogen (secondary N) is 1. The summed E-state index contributed by atoms with van der Waals surface area (Å²) in [5, 5.41) is 2.30. The Morgan fingerprint density at radius 3 is 2.50 bits per heavy atom. The molecule has 0 fully saturated rings. The Bertz CT molecular complexity index is 897. The molecule has 9 heteroatoms. The number of carbonyl (C=O) groups is 2. The summed E-state index contributed by atoms with van der Waals surface area (Å²) in [6.07, 6.45) is -5.76. The lowest BCUT2D eigenvalue weighted by atomic mass is 10.2. The molecule has 0 bridgehead atoms. The van der Waals surface area contributed by atoms with Crippen molar-refractivity contribution in [1.29, 1.82) is 0 Å². The summed E-state index contributed by atoms with van der Waals surface area (Å²) < 4.78 is 54.1. The molecular formula is C19H16F3NO5. The number of benzene rings is 2. The molecule has 1 heterocycles. The first-order valence-corrected chi connectivity index (χ1v) is 8.33. The van der Waals surface area contributed by atoms with Crippen LogP contribution < -0.4 is 14.8 Å². The third-order valence-corrected chi connectivity index (χ3v) is 3.89. The molecule has 1 unspecified atom stereocenters. The number of amides is 1. The zero-order chi connectivity index (χ0) is 20.3. The highest BCUT2D eigenvalue weighted by Crippen LogP contribution is 2.32. The molecule has 28 heavy (non-hydrogen) atoms. The van der Waals surface area contributed by atoms with Gasteiger partial charge in [-0.05, 0) is 43.3 Å². The van der Waals surface area contributed by atoms with E-state index in [-0.39, 0.29) is 11.3 Å². The molecule has 0 spiro atoms. The highest BCUT2D eigenvalue weighted by Gasteiger charge is 2.30. The van der Waals surface area contributed by atoms with E-state index in [1.807, 2.05) is 0 Å². The summed E-state index contributed by atoms with van der Waals surface area (Å²) in [6, 6.07) is 8.63. The van der Waals surface area contributed by atoms with Gasteiger partial charge in [0.15, 0.2) is 17.6 Å². The van der Waals surface area contributed by atoms with Gasteiger partial charge < -0.3 is 19.5 Å². The van der Waals surface area contributed by atoms with Gasteiger partial charge in [-0.1, -0.05) is 6.07 Å². The van der Waals surface area contributed by atoms with Crippen molar-refractivity contribution in [2.75, 3.05) is 18.5 Å². The molecule has 3 rings (SSSR count). The molecule has 148 valence electrons. The maximum atomic E-state index is 12.7. The number of hydrogen-bond donors (Lipinski definition) is 1. The van der Waals surface area contributed by atoms with E-state index in [1.54, 1.807) is 6.07 Å². The van der Waals surface area contributed by atoms with Crippen molar-refractivity contribution in [2.45, 2.75) is 19.2 Å². The predicted octanol–water partition coefficient (Wildman–Crippen LogP) is 3.66. The van der Waals surface area contributed by atoms with Crippen LogP contribution in [-0.4, -0.2) is 31.2 Å². The van der Waals surface area contributed by atoms with Gasteiger partial charge in [-0.3, -0.25) is 4.79 Å². The fraction of sp³-hybridized carbons (Fsp3) is 0.263. The van der Waals surface area contributed by atoms with Crippen LogP contribution in [0.15, 0.2) is 42.5 Å². The van der Waals surface area contributed by atoms with Gasteiger partial charge in [-0.15, -0.1) is 0 Å². The van der Waals surface area contributed by atoms with Crippen LogP contribution in [0.5, 0.6) is 11.5 Å². The molecule has 1 aliphatic rings. The van der Waals surface area contributed by atoms with Crippen LogP contribution in [0.25, 0.3) is 0 Å². The summed E-state index contributed by atoms with van der Waals surface area (Å²) in [4.78, 5) is 24.4. The normalized spacial score (nSPS) is 14.1. The minimum absolute atomic E-state index is 0.0537. The summed E-state index contributed by atoms with van der Waals surface area (Å²) >= 11 is 0. The SMILES string of the molecule is CC(OC(=O)c1ccc2c(c1)OCCO2)C(=O)Nc1cccc(C(F)(F)F)c1. The lowest BCUT2D eigenvalue weighted by molar-refractivity contribution is -0.137. The zero-order valence-corrected chi connectivity index (χ0v) is 14.7. The van der Waals surface area contributed by atoms with Crippen molar-refractivity contribution in [2.24, 2.45) is 0 Å². The van der Waals surface area contributed by atoms with Crippen LogP contribution in [0.2, 0.25) is 0 Å². The lowest BCUT2D eigenvalue weighted by Gasteiger charge is -2.19. The number of ether oxygens (including phenoxy) is 3. The van der Waals surface area contributed by atoms with Crippen LogP contribution in [0.3, 0.4) is 0 Å². The maximum Gasteiger partial charge on any atom is 0.416 e. The van der Waals surface area contributed by atoms with E-state index in [1.165, 1.54) is 31.2 Å². The minimum Gasteiger partial charge on any atom is -0.486 e. The number of esters is 1. The Hall–Kier alpha value is -3.23. The van der Waals surface area contributed by atoms with Gasteiger partial charge >= 0.3 is 12.1 Å². The van der Waals surface area contributed by atoms with E-state index in [4.69, 9.17) is 14.2 Å². The Kier molecular flexibility index (Phi) is 5.43. The second-order valence-electron chi connectivity index (χ2n) is 5.97. The van der Waals surface area contributed by atoms with Crippen molar-refractivity contribution in [1.82, 2.24) is 0 Å². The average molecular weight is 395 g/mol. The van der Waals surface area contributed by atoms with E-state index in [2.05, 4.69) is 5.32 Å². The standard InChI is InChI=1S/C19H16F3NO5/c1-11(17(24)23-14-4-2-3-13(10-14)19(20,21)22)28-18(25)12-5-6-15-16(9-12)27-8-7-26-15/h2-6,9-11H,7-8H2,1H3,(H,23,24). The fourth-order valence-electron chi connectivity index (χ4n) is 2.47. The first kappa shape index (κ1) is 19.5. The number of carbonyl (C=O) groups excluding carboxylic acids is 2. The minimum atomic E-state index is -4.53. The van der Waals surface area contributed by atoms with Gasteiger partial charge in [0.05, 0.1) is 11.1 Å². The molecule has 1 amide bonds. The van der Waals surface area contributed by atoms with E-state index in [9.17, 15) is 22.8 Å². The van der Waals surface area contributed by atoms with Crippen molar-refractivity contribution < 1.29 is 37.0 Å². The molecule has 1 atom stereocenters. The zero-order valence-electron chi connectivity index (χ0n) is 14.7. The predicted molar refractivity (Wildman–Crippen MR) is 92.4 cm³/mol. The Balaban J connectivity index is 1.63. The van der Waals surface area contributed by atoms with Crippen molar-refractivity contribution in [3.8, 4) is 11.5 Å². The first-order chi connectivity index (χ1) is 13.2. The maximum absolute atomic E-state index is 12.7. The van der Waals surface area contributed by atoms with E-state index < -0.39 is 29.7 Å². The third-order valence-electron chi connectivity index (χ3n) is 3.89. The Morgan fingerprint density at radius 2 is 1.79 bits per heavy atom. The third kappa shape index (κ3) is 4.54. The van der Waals surface area contributed by atoms with Crippen LogP contribution in [-0.2, 0) is 15.7 Å². The molecule has 2 aromatic rings. The first-order valence-electron chi connectivity index (χ1n) is 8.33. The number of fused-ring (bicyclic) bond motifs is 1. The van der Waals surface area contributed by atoms with Crippen molar-refractivity contribution >= 4 is 17.6 Å². The largest absolute Gasteiger partial charge is 0.486 e. The fourth-order valence-corrected chi connectivity index (χ4v) is 2.47. The van der Waals surface area contributed by atoms with Gasteiger partial charge in [0.1, 0.15) is 13.2 Å². The summed E-state index contributed by atoms with van der Waals surface area (Å²) in [7, 11) is 0. The number of alkyl halides is 3. The Labute approximate surface area is 158 Å². The van der Waals surface area contributed by atoms with Gasteiger partial charge in [-0.2, -0.15) is 13.2 Å². The quantitative estimate of drug-likeness (QED) is 0.800. The van der Waals surface area contributed by atoms with Gasteiger partial charge in [0.25, 0.3) is 5.91 Å². The van der Waals surface area contributed by atoms with E-state index >= 15 is 0 Å². The molecule has 2 aromatic carbocycles. The molecule has 0 aromatic heterocycles. The lowest BCUT2D eigenvalue weighted by Crippen LogP contribution is -2.30. The van der Waals surface area contributed by atoms with Crippen molar-refractivity contribution in [3.05, 3.63) is 53.6 Å². The molecular weight excluding hydrogens is 379 g/mol. The molecule has 1 aliphatic heterocycles. The van der Waals surface area contributed by atoms with Crippen LogP contribution in [0, 0.1) is 0 Å². The average Bonchev–Trinajstić information content (AvgIpc) is 2.67. The highest BCUT2D eigenvalue weighted by atomic mass is 19.4. The molecule has 0 aliphatic carbocycles. The monoisotopic (exact) mass is 395 g/mol. The Morgan fingerprint density at radius 1 is 1.07 bits per heavy atom. The second kappa shape index (κ2) is 7.79. The van der Waals surface area contributed by atoms with Gasteiger partial charge in [0.2, 0.25) is 0 Å².